The normalized spacial score (nSPS) is 13.4. The Morgan fingerprint density at radius 3 is 3.00 bits per heavy atom. The fourth-order valence-electron chi connectivity index (χ4n) is 1.91. The summed E-state index contributed by atoms with van der Waals surface area (Å²) in [4.78, 5) is 19.8. The summed E-state index contributed by atoms with van der Waals surface area (Å²) in [5.74, 6) is -0.0675. The Bertz CT molecular complexity index is 612. The van der Waals surface area contributed by atoms with E-state index in [0.29, 0.717) is 0 Å². The van der Waals surface area contributed by atoms with Crippen LogP contribution < -0.4 is 5.32 Å². The smallest absolute Gasteiger partial charge is 0.228 e. The summed E-state index contributed by atoms with van der Waals surface area (Å²) in [5, 5.41) is 3.03. The van der Waals surface area contributed by atoms with Crippen molar-refractivity contribution >= 4 is 23.2 Å². The van der Waals surface area contributed by atoms with E-state index < -0.39 is 0 Å². The minimum Gasteiger partial charge on any atom is -0.325 e. The summed E-state index contributed by atoms with van der Waals surface area (Å²) in [6, 6.07) is 7.52. The number of aromatic nitrogens is 2. The minimum absolute atomic E-state index is 0.0675. The predicted octanol–water partition coefficient (Wildman–Crippen LogP) is 2.29. The highest BCUT2D eigenvalue weighted by atomic mass is 35.5. The van der Waals surface area contributed by atoms with Crippen molar-refractivity contribution < 1.29 is 4.79 Å². The fourth-order valence-corrected chi connectivity index (χ4v) is 2.05. The zero-order chi connectivity index (χ0) is 11.8. The molecule has 0 atom stereocenters. The number of nitrogens with one attached hydrogen (secondary N) is 1. The second kappa shape index (κ2) is 3.82. The van der Waals surface area contributed by atoms with E-state index in [9.17, 15) is 4.79 Å². The number of halogens is 1. The van der Waals surface area contributed by atoms with Crippen molar-refractivity contribution in [1.29, 1.82) is 0 Å². The molecule has 2 heterocycles. The van der Waals surface area contributed by atoms with Gasteiger partial charge in [-0.3, -0.25) is 4.79 Å². The molecule has 1 aliphatic rings. The Balaban J connectivity index is 2.31. The van der Waals surface area contributed by atoms with E-state index in [1.54, 1.807) is 6.20 Å². The molecule has 1 N–H and O–H groups in total. The van der Waals surface area contributed by atoms with Gasteiger partial charge in [0, 0.05) is 17.3 Å². The van der Waals surface area contributed by atoms with E-state index in [4.69, 9.17) is 11.6 Å². The number of amides is 1. The third kappa shape index (κ3) is 1.76. The van der Waals surface area contributed by atoms with Crippen molar-refractivity contribution in [2.45, 2.75) is 6.42 Å². The molecule has 5 heteroatoms. The van der Waals surface area contributed by atoms with Crippen molar-refractivity contribution in [3.8, 4) is 11.3 Å². The molecule has 4 nitrogen and oxygen atoms in total. The van der Waals surface area contributed by atoms with Crippen LogP contribution in [0.3, 0.4) is 0 Å². The van der Waals surface area contributed by atoms with Crippen LogP contribution in [0, 0.1) is 0 Å². The molecule has 17 heavy (non-hydrogen) atoms. The van der Waals surface area contributed by atoms with Gasteiger partial charge in [-0.15, -0.1) is 0 Å². The maximum absolute atomic E-state index is 11.7. The van der Waals surface area contributed by atoms with Gasteiger partial charge in [-0.25, -0.2) is 9.97 Å². The molecule has 0 radical (unpaired) electrons. The number of anilines is 1. The third-order valence-corrected chi connectivity index (χ3v) is 2.82. The van der Waals surface area contributed by atoms with E-state index in [-0.39, 0.29) is 17.6 Å². The van der Waals surface area contributed by atoms with Gasteiger partial charge < -0.3 is 5.32 Å². The van der Waals surface area contributed by atoms with Gasteiger partial charge in [0.15, 0.2) is 0 Å². The second-order valence-corrected chi connectivity index (χ2v) is 4.12. The van der Waals surface area contributed by atoms with Gasteiger partial charge in [0.25, 0.3) is 0 Å². The molecule has 1 aromatic carbocycles. The van der Waals surface area contributed by atoms with Crippen LogP contribution in [-0.2, 0) is 11.2 Å². The number of hydrogen-bond donors (Lipinski definition) is 1. The molecule has 1 aliphatic heterocycles. The van der Waals surface area contributed by atoms with Crippen LogP contribution in [0.4, 0.5) is 5.69 Å². The van der Waals surface area contributed by atoms with E-state index in [1.165, 1.54) is 0 Å². The lowest BCUT2D eigenvalue weighted by atomic mass is 10.1. The first-order valence-electron chi connectivity index (χ1n) is 5.15. The molecule has 84 valence electrons. The Morgan fingerprint density at radius 2 is 2.12 bits per heavy atom. The molecule has 2 aromatic rings. The maximum Gasteiger partial charge on any atom is 0.228 e. The summed E-state index contributed by atoms with van der Waals surface area (Å²) >= 11 is 5.81. The van der Waals surface area contributed by atoms with Crippen LogP contribution in [-0.4, -0.2) is 15.9 Å². The molecular formula is C12H8ClN3O. The third-order valence-electron chi connectivity index (χ3n) is 2.64. The molecule has 0 spiro atoms. The number of benzene rings is 1. The monoisotopic (exact) mass is 245 g/mol. The lowest BCUT2D eigenvalue weighted by molar-refractivity contribution is -0.115. The van der Waals surface area contributed by atoms with E-state index >= 15 is 0 Å². The Labute approximate surface area is 103 Å². The van der Waals surface area contributed by atoms with Gasteiger partial charge >= 0.3 is 0 Å². The largest absolute Gasteiger partial charge is 0.325 e. The van der Waals surface area contributed by atoms with Gasteiger partial charge in [0.1, 0.15) is 0 Å². The van der Waals surface area contributed by atoms with Crippen LogP contribution in [0.1, 0.15) is 5.56 Å². The highest BCUT2D eigenvalue weighted by Crippen LogP contribution is 2.32. The number of hydrogen-bond acceptors (Lipinski definition) is 3. The van der Waals surface area contributed by atoms with Gasteiger partial charge in [-0.2, -0.15) is 0 Å². The topological polar surface area (TPSA) is 54.9 Å². The average molecular weight is 246 g/mol. The first-order chi connectivity index (χ1) is 8.24. The molecular weight excluding hydrogens is 238 g/mol. The van der Waals surface area contributed by atoms with E-state index in [1.807, 2.05) is 24.3 Å². The standard InChI is InChI=1S/C12H8ClN3O/c13-12-14-6-7-5-10(17)15-9-4-2-1-3-8(9)11(7)16-12/h1-4,6H,5H2,(H,15,17). The highest BCUT2D eigenvalue weighted by Gasteiger charge is 2.19. The fraction of sp³-hybridized carbons (Fsp3) is 0.0833. The zero-order valence-corrected chi connectivity index (χ0v) is 9.53. The van der Waals surface area contributed by atoms with Gasteiger partial charge in [-0.05, 0) is 17.7 Å². The minimum atomic E-state index is -0.0675. The van der Waals surface area contributed by atoms with Crippen molar-refractivity contribution in [3.63, 3.8) is 0 Å². The summed E-state index contributed by atoms with van der Waals surface area (Å²) in [6.07, 6.45) is 1.87. The Kier molecular flexibility index (Phi) is 2.30. The van der Waals surface area contributed by atoms with Crippen molar-refractivity contribution in [1.82, 2.24) is 9.97 Å². The summed E-state index contributed by atoms with van der Waals surface area (Å²) in [7, 11) is 0. The lowest BCUT2D eigenvalue weighted by Crippen LogP contribution is -2.12. The van der Waals surface area contributed by atoms with Crippen LogP contribution >= 0.6 is 11.6 Å². The maximum atomic E-state index is 11.7. The van der Waals surface area contributed by atoms with E-state index in [2.05, 4.69) is 15.3 Å². The van der Waals surface area contributed by atoms with Crippen LogP contribution in [0.25, 0.3) is 11.3 Å². The molecule has 0 bridgehead atoms. The van der Waals surface area contributed by atoms with Crippen LogP contribution in [0.2, 0.25) is 5.28 Å². The van der Waals surface area contributed by atoms with Crippen LogP contribution in [0.15, 0.2) is 30.5 Å². The second-order valence-electron chi connectivity index (χ2n) is 3.78. The number of para-hydroxylation sites is 1. The Morgan fingerprint density at radius 1 is 1.29 bits per heavy atom. The molecule has 0 aliphatic carbocycles. The molecule has 0 fully saturated rings. The number of rotatable bonds is 0. The molecule has 1 amide bonds. The van der Waals surface area contributed by atoms with Crippen LogP contribution in [0.5, 0.6) is 0 Å². The highest BCUT2D eigenvalue weighted by molar-refractivity contribution is 6.28. The summed E-state index contributed by atoms with van der Waals surface area (Å²) in [5.41, 5.74) is 3.14. The average Bonchev–Trinajstić information content (AvgIpc) is 2.45. The first-order valence-corrected chi connectivity index (χ1v) is 5.52. The number of carbonyl (C=O) groups is 1. The quantitative estimate of drug-likeness (QED) is 0.725. The molecule has 3 rings (SSSR count). The SMILES string of the molecule is O=C1Cc2cnc(Cl)nc2-c2ccccc2N1. The van der Waals surface area contributed by atoms with Gasteiger partial charge in [0.05, 0.1) is 17.8 Å². The summed E-state index contributed by atoms with van der Waals surface area (Å²) < 4.78 is 0. The first kappa shape index (κ1) is 10.2. The predicted molar refractivity (Wildman–Crippen MR) is 64.8 cm³/mol. The van der Waals surface area contributed by atoms with Crippen molar-refractivity contribution in [2.75, 3.05) is 5.32 Å². The molecule has 1 aromatic heterocycles. The molecule has 0 unspecified atom stereocenters. The van der Waals surface area contributed by atoms with Gasteiger partial charge in [0.2, 0.25) is 11.2 Å². The van der Waals surface area contributed by atoms with Gasteiger partial charge in [-0.1, -0.05) is 18.2 Å². The number of carbonyl (C=O) groups excluding carboxylic acids is 1. The van der Waals surface area contributed by atoms with Crippen molar-refractivity contribution in [2.24, 2.45) is 0 Å². The van der Waals surface area contributed by atoms with E-state index in [0.717, 1.165) is 22.5 Å². The molecule has 0 saturated carbocycles. The number of nitrogens with zero attached hydrogens (tertiary/aromatic N) is 2. The Hall–Kier alpha value is -1.94. The zero-order valence-electron chi connectivity index (χ0n) is 8.77. The van der Waals surface area contributed by atoms with Crippen molar-refractivity contribution in [3.05, 3.63) is 41.3 Å². The number of fused-ring (bicyclic) bond motifs is 3. The lowest BCUT2D eigenvalue weighted by Gasteiger charge is -2.06. The summed E-state index contributed by atoms with van der Waals surface area (Å²) in [6.45, 7) is 0. The molecule has 0 saturated heterocycles.